The summed E-state index contributed by atoms with van der Waals surface area (Å²) in [5, 5.41) is 0. The van der Waals surface area contributed by atoms with Gasteiger partial charge < -0.3 is 4.42 Å². The molecule has 8 heteroatoms. The van der Waals surface area contributed by atoms with Crippen LogP contribution in [0.5, 0.6) is 0 Å². The summed E-state index contributed by atoms with van der Waals surface area (Å²) < 4.78 is 55.2. The van der Waals surface area contributed by atoms with Gasteiger partial charge in [-0.1, -0.05) is 6.92 Å². The lowest BCUT2D eigenvalue weighted by atomic mass is 10.3. The number of furan rings is 1. The first-order valence-corrected chi connectivity index (χ1v) is 11.3. The summed E-state index contributed by atoms with van der Waals surface area (Å²) >= 11 is 0. The first-order valence-electron chi connectivity index (χ1n) is 7.94. The van der Waals surface area contributed by atoms with Crippen LogP contribution < -0.4 is 0 Å². The molecule has 6 nitrogen and oxygen atoms in total. The first-order chi connectivity index (χ1) is 11.6. The van der Waals surface area contributed by atoms with E-state index in [1.54, 1.807) is 6.07 Å². The van der Waals surface area contributed by atoms with Crippen molar-refractivity contribution in [2.24, 2.45) is 5.92 Å². The van der Waals surface area contributed by atoms with Crippen molar-refractivity contribution in [1.82, 2.24) is 4.31 Å². The van der Waals surface area contributed by atoms with Crippen LogP contribution in [-0.2, 0) is 26.4 Å². The van der Waals surface area contributed by atoms with Crippen molar-refractivity contribution in [3.8, 4) is 0 Å². The van der Waals surface area contributed by atoms with Crippen LogP contribution in [0, 0.1) is 5.92 Å². The fourth-order valence-corrected chi connectivity index (χ4v) is 4.51. The molecular formula is C17H21NO5S2. The second-order valence-corrected chi connectivity index (χ2v) is 10.7. The molecule has 0 bridgehead atoms. The van der Waals surface area contributed by atoms with Gasteiger partial charge in [0.15, 0.2) is 9.84 Å². The van der Waals surface area contributed by atoms with Gasteiger partial charge >= 0.3 is 0 Å². The van der Waals surface area contributed by atoms with Gasteiger partial charge in [-0.3, -0.25) is 0 Å². The quantitative estimate of drug-likeness (QED) is 0.765. The predicted molar refractivity (Wildman–Crippen MR) is 93.4 cm³/mol. The van der Waals surface area contributed by atoms with E-state index in [1.807, 2.05) is 6.07 Å². The van der Waals surface area contributed by atoms with Crippen LogP contribution in [0.15, 0.2) is 50.6 Å². The van der Waals surface area contributed by atoms with Crippen molar-refractivity contribution in [3.63, 3.8) is 0 Å². The lowest BCUT2D eigenvalue weighted by Crippen LogP contribution is -2.26. The highest BCUT2D eigenvalue weighted by Gasteiger charge is 2.36. The van der Waals surface area contributed by atoms with Crippen molar-refractivity contribution in [2.75, 3.05) is 13.3 Å². The summed E-state index contributed by atoms with van der Waals surface area (Å²) in [7, 11) is -5.61. The van der Waals surface area contributed by atoms with E-state index < -0.39 is 19.9 Å². The van der Waals surface area contributed by atoms with Crippen LogP contribution in [0.3, 0.4) is 0 Å². The van der Waals surface area contributed by atoms with Gasteiger partial charge in [0.1, 0.15) is 11.5 Å². The van der Waals surface area contributed by atoms with Crippen molar-refractivity contribution in [3.05, 3.63) is 47.9 Å². The predicted octanol–water partition coefficient (Wildman–Crippen LogP) is 2.63. The highest BCUT2D eigenvalue weighted by atomic mass is 32.2. The largest absolute Gasteiger partial charge is 0.464 e. The molecule has 1 fully saturated rings. The SMILES string of the molecule is C[C@@H]1C[C@H]1c1ccc(CN(C)S(=O)(=O)c2ccc(S(C)(=O)=O)cc2)o1. The van der Waals surface area contributed by atoms with Crippen LogP contribution in [0.1, 0.15) is 30.8 Å². The van der Waals surface area contributed by atoms with Gasteiger partial charge in [-0.15, -0.1) is 0 Å². The van der Waals surface area contributed by atoms with Crippen LogP contribution in [-0.4, -0.2) is 34.4 Å². The average Bonchev–Trinajstić information content (AvgIpc) is 3.08. The second-order valence-electron chi connectivity index (χ2n) is 6.63. The number of nitrogens with zero attached hydrogens (tertiary/aromatic N) is 1. The Hall–Kier alpha value is -1.64. The first kappa shape index (κ1) is 18.2. The number of rotatable bonds is 6. The Balaban J connectivity index is 1.76. The molecule has 1 aliphatic carbocycles. The fraction of sp³-hybridized carbons (Fsp3) is 0.412. The molecule has 1 aliphatic rings. The van der Waals surface area contributed by atoms with E-state index in [0.717, 1.165) is 18.4 Å². The standard InChI is InChI=1S/C17H21NO5S2/c1-12-10-16(12)17-9-4-13(23-17)11-18(2)25(21,22)15-7-5-14(6-8-15)24(3,19)20/h4-9,12,16H,10-11H2,1-3H3/t12-,16-/m1/s1. The molecule has 0 N–H and O–H groups in total. The molecule has 0 unspecified atom stereocenters. The lowest BCUT2D eigenvalue weighted by molar-refractivity contribution is 0.390. The Labute approximate surface area is 148 Å². The Bertz CT molecular complexity index is 974. The lowest BCUT2D eigenvalue weighted by Gasteiger charge is -2.16. The molecule has 2 atom stereocenters. The Morgan fingerprint density at radius 3 is 2.12 bits per heavy atom. The molecule has 0 saturated heterocycles. The summed E-state index contributed by atoms with van der Waals surface area (Å²) in [5.74, 6) is 2.56. The van der Waals surface area contributed by atoms with Crippen molar-refractivity contribution in [1.29, 1.82) is 0 Å². The molecule has 25 heavy (non-hydrogen) atoms. The smallest absolute Gasteiger partial charge is 0.243 e. The minimum absolute atomic E-state index is 0.0463. The number of hydrogen-bond donors (Lipinski definition) is 0. The third kappa shape index (κ3) is 3.80. The second kappa shape index (κ2) is 6.26. The molecular weight excluding hydrogens is 362 g/mol. The average molecular weight is 383 g/mol. The molecule has 1 saturated carbocycles. The molecule has 0 spiro atoms. The highest BCUT2D eigenvalue weighted by molar-refractivity contribution is 7.90. The fourth-order valence-electron chi connectivity index (χ4n) is 2.74. The van der Waals surface area contributed by atoms with Gasteiger partial charge in [0.2, 0.25) is 10.0 Å². The number of benzene rings is 1. The zero-order valence-electron chi connectivity index (χ0n) is 14.3. The summed E-state index contributed by atoms with van der Waals surface area (Å²) in [4.78, 5) is 0.133. The minimum atomic E-state index is -3.73. The molecule has 0 amide bonds. The van der Waals surface area contributed by atoms with Gasteiger partial charge in [-0.2, -0.15) is 4.31 Å². The molecule has 1 aromatic heterocycles. The molecule has 2 aromatic rings. The van der Waals surface area contributed by atoms with E-state index in [2.05, 4.69) is 6.92 Å². The van der Waals surface area contributed by atoms with E-state index in [4.69, 9.17) is 4.42 Å². The van der Waals surface area contributed by atoms with E-state index in [0.29, 0.717) is 17.6 Å². The Morgan fingerprint density at radius 2 is 1.60 bits per heavy atom. The van der Waals surface area contributed by atoms with Crippen LogP contribution in [0.25, 0.3) is 0 Å². The maximum Gasteiger partial charge on any atom is 0.243 e. The van der Waals surface area contributed by atoms with E-state index in [-0.39, 0.29) is 16.3 Å². The van der Waals surface area contributed by atoms with Crippen LogP contribution in [0.2, 0.25) is 0 Å². The van der Waals surface area contributed by atoms with Crippen molar-refractivity contribution < 1.29 is 21.3 Å². The van der Waals surface area contributed by atoms with Crippen molar-refractivity contribution in [2.45, 2.75) is 35.6 Å². The normalized spacial score (nSPS) is 20.8. The van der Waals surface area contributed by atoms with Gasteiger partial charge in [0, 0.05) is 19.2 Å². The highest BCUT2D eigenvalue weighted by Crippen LogP contribution is 2.47. The third-order valence-electron chi connectivity index (χ3n) is 4.50. The van der Waals surface area contributed by atoms with Crippen molar-refractivity contribution >= 4 is 19.9 Å². The molecule has 1 aromatic carbocycles. The number of hydrogen-bond acceptors (Lipinski definition) is 5. The number of sulfonamides is 1. The van der Waals surface area contributed by atoms with E-state index in [9.17, 15) is 16.8 Å². The zero-order chi connectivity index (χ0) is 18.4. The van der Waals surface area contributed by atoms with Crippen LogP contribution in [0.4, 0.5) is 0 Å². The molecule has 0 radical (unpaired) electrons. The zero-order valence-corrected chi connectivity index (χ0v) is 16.0. The van der Waals surface area contributed by atoms with Gasteiger partial charge in [-0.05, 0) is 48.7 Å². The summed E-state index contributed by atoms with van der Waals surface area (Å²) in [6.07, 6.45) is 2.19. The number of sulfone groups is 1. The summed E-state index contributed by atoms with van der Waals surface area (Å²) in [5.41, 5.74) is 0. The Morgan fingerprint density at radius 1 is 1.04 bits per heavy atom. The molecule has 3 rings (SSSR count). The minimum Gasteiger partial charge on any atom is -0.464 e. The van der Waals surface area contributed by atoms with E-state index >= 15 is 0 Å². The third-order valence-corrected chi connectivity index (χ3v) is 7.44. The van der Waals surface area contributed by atoms with Gasteiger partial charge in [0.25, 0.3) is 0 Å². The molecule has 0 aliphatic heterocycles. The van der Waals surface area contributed by atoms with Crippen LogP contribution >= 0.6 is 0 Å². The van der Waals surface area contributed by atoms with Gasteiger partial charge in [0.05, 0.1) is 16.3 Å². The maximum atomic E-state index is 12.6. The summed E-state index contributed by atoms with van der Waals surface area (Å²) in [6.45, 7) is 2.28. The van der Waals surface area contributed by atoms with E-state index in [1.165, 1.54) is 35.6 Å². The summed E-state index contributed by atoms with van der Waals surface area (Å²) in [6, 6.07) is 8.93. The maximum absolute atomic E-state index is 12.6. The Kier molecular flexibility index (Phi) is 4.55. The topological polar surface area (TPSA) is 84.7 Å². The monoisotopic (exact) mass is 383 g/mol. The molecule has 136 valence electrons. The molecule has 1 heterocycles. The van der Waals surface area contributed by atoms with Gasteiger partial charge in [-0.25, -0.2) is 16.8 Å².